The van der Waals surface area contributed by atoms with Crippen LogP contribution >= 0.6 is 0 Å². The number of hydrogen-bond donors (Lipinski definition) is 0. The van der Waals surface area contributed by atoms with Crippen LogP contribution in [0.25, 0.3) is 6.08 Å². The van der Waals surface area contributed by atoms with Gasteiger partial charge in [0.05, 0.1) is 5.56 Å². The van der Waals surface area contributed by atoms with E-state index in [4.69, 9.17) is 23.7 Å². The molecule has 0 spiro atoms. The monoisotopic (exact) mass is 396 g/mol. The number of fused-ring (bicyclic) bond motifs is 2. The summed E-state index contributed by atoms with van der Waals surface area (Å²) in [7, 11) is 0. The van der Waals surface area contributed by atoms with E-state index < -0.39 is 11.6 Å². The zero-order valence-corrected chi connectivity index (χ0v) is 16.3. The van der Waals surface area contributed by atoms with Crippen LogP contribution in [0.15, 0.2) is 42.2 Å². The third-order valence-electron chi connectivity index (χ3n) is 4.11. The summed E-state index contributed by atoms with van der Waals surface area (Å²) < 4.78 is 27.0. The van der Waals surface area contributed by atoms with Gasteiger partial charge in [0.1, 0.15) is 17.1 Å². The number of benzene rings is 2. The molecule has 0 bridgehead atoms. The topological polar surface area (TPSA) is 80.3 Å². The Morgan fingerprint density at radius 2 is 1.86 bits per heavy atom. The second-order valence-electron chi connectivity index (χ2n) is 7.59. The molecule has 7 heteroatoms. The summed E-state index contributed by atoms with van der Waals surface area (Å²) in [5.74, 6) is 1.58. The number of carbonyl (C=O) groups is 2. The molecule has 0 N–H and O–H groups in total. The van der Waals surface area contributed by atoms with Gasteiger partial charge in [-0.3, -0.25) is 4.79 Å². The van der Waals surface area contributed by atoms with Crippen molar-refractivity contribution in [1.29, 1.82) is 0 Å². The van der Waals surface area contributed by atoms with Gasteiger partial charge in [-0.15, -0.1) is 0 Å². The molecule has 0 saturated heterocycles. The summed E-state index contributed by atoms with van der Waals surface area (Å²) in [6.45, 7) is 5.31. The SMILES string of the molecule is CC(C)(C)OC(=O)COc1ccc2c(c1)OC(=Cc1ccc3c(c1)OCO3)C2=O. The number of esters is 1. The third-order valence-corrected chi connectivity index (χ3v) is 4.11. The average molecular weight is 396 g/mol. The maximum absolute atomic E-state index is 12.6. The molecule has 0 amide bonds. The van der Waals surface area contributed by atoms with Crippen LogP contribution in [-0.2, 0) is 9.53 Å². The van der Waals surface area contributed by atoms with Gasteiger partial charge in [0.2, 0.25) is 12.6 Å². The smallest absolute Gasteiger partial charge is 0.344 e. The molecule has 2 aliphatic heterocycles. The second-order valence-corrected chi connectivity index (χ2v) is 7.59. The number of ketones is 1. The molecule has 0 unspecified atom stereocenters. The Morgan fingerprint density at radius 3 is 2.66 bits per heavy atom. The van der Waals surface area contributed by atoms with Gasteiger partial charge in [0.25, 0.3) is 0 Å². The van der Waals surface area contributed by atoms with Crippen molar-refractivity contribution in [3.8, 4) is 23.0 Å². The molecule has 4 rings (SSSR count). The number of hydrogen-bond acceptors (Lipinski definition) is 7. The molecule has 2 aromatic rings. The van der Waals surface area contributed by atoms with Crippen LogP contribution in [-0.4, -0.2) is 30.8 Å². The molecule has 2 aromatic carbocycles. The molecule has 150 valence electrons. The van der Waals surface area contributed by atoms with Crippen molar-refractivity contribution in [2.24, 2.45) is 0 Å². The van der Waals surface area contributed by atoms with Crippen molar-refractivity contribution in [1.82, 2.24) is 0 Å². The van der Waals surface area contributed by atoms with E-state index in [1.807, 2.05) is 6.07 Å². The summed E-state index contributed by atoms with van der Waals surface area (Å²) in [4.78, 5) is 24.4. The molecule has 0 fully saturated rings. The summed E-state index contributed by atoms with van der Waals surface area (Å²) >= 11 is 0. The lowest BCUT2D eigenvalue weighted by Gasteiger charge is -2.19. The Morgan fingerprint density at radius 1 is 1.07 bits per heavy atom. The number of Topliss-reactive ketones (excluding diaryl/α,β-unsaturated/α-hetero) is 1. The highest BCUT2D eigenvalue weighted by molar-refractivity contribution is 6.14. The zero-order chi connectivity index (χ0) is 20.6. The molecular weight excluding hydrogens is 376 g/mol. The van der Waals surface area contributed by atoms with Crippen molar-refractivity contribution in [2.45, 2.75) is 26.4 Å². The highest BCUT2D eigenvalue weighted by Crippen LogP contribution is 2.37. The Labute approximate surface area is 167 Å². The standard InChI is InChI=1S/C22H20O7/c1-22(2,3)29-20(23)11-25-14-5-6-15-17(10-14)28-19(21(15)24)9-13-4-7-16-18(8-13)27-12-26-16/h4-10H,11-12H2,1-3H3. The van der Waals surface area contributed by atoms with Crippen molar-refractivity contribution in [3.63, 3.8) is 0 Å². The van der Waals surface area contributed by atoms with Crippen LogP contribution in [0.5, 0.6) is 23.0 Å². The molecular formula is C22H20O7. The Kier molecular flexibility index (Phi) is 4.66. The fourth-order valence-electron chi connectivity index (χ4n) is 2.92. The molecule has 0 saturated carbocycles. The van der Waals surface area contributed by atoms with Gasteiger partial charge in [-0.05, 0) is 56.7 Å². The minimum Gasteiger partial charge on any atom is -0.482 e. The number of ether oxygens (including phenoxy) is 5. The van der Waals surface area contributed by atoms with E-state index >= 15 is 0 Å². The first-order valence-corrected chi connectivity index (χ1v) is 9.11. The van der Waals surface area contributed by atoms with E-state index in [0.717, 1.165) is 5.56 Å². The van der Waals surface area contributed by atoms with Crippen LogP contribution in [0.2, 0.25) is 0 Å². The summed E-state index contributed by atoms with van der Waals surface area (Å²) in [5, 5.41) is 0. The Balaban J connectivity index is 1.46. The lowest BCUT2D eigenvalue weighted by atomic mass is 10.1. The zero-order valence-electron chi connectivity index (χ0n) is 16.3. The minimum absolute atomic E-state index is 0.183. The quantitative estimate of drug-likeness (QED) is 0.575. The normalized spacial score (nSPS) is 15.8. The predicted octanol–water partition coefficient (Wildman–Crippen LogP) is 3.75. The van der Waals surface area contributed by atoms with Crippen LogP contribution in [0.4, 0.5) is 0 Å². The van der Waals surface area contributed by atoms with Gasteiger partial charge in [0.15, 0.2) is 23.9 Å². The van der Waals surface area contributed by atoms with Crippen LogP contribution < -0.4 is 18.9 Å². The molecule has 7 nitrogen and oxygen atoms in total. The van der Waals surface area contributed by atoms with Gasteiger partial charge < -0.3 is 23.7 Å². The highest BCUT2D eigenvalue weighted by atomic mass is 16.7. The van der Waals surface area contributed by atoms with Crippen molar-refractivity contribution in [3.05, 3.63) is 53.3 Å². The summed E-state index contributed by atoms with van der Waals surface area (Å²) in [5.41, 5.74) is 0.607. The number of allylic oxidation sites excluding steroid dienone is 1. The highest BCUT2D eigenvalue weighted by Gasteiger charge is 2.28. The van der Waals surface area contributed by atoms with Crippen molar-refractivity contribution < 1.29 is 33.3 Å². The van der Waals surface area contributed by atoms with Gasteiger partial charge in [-0.2, -0.15) is 0 Å². The Hall–Kier alpha value is -3.48. The van der Waals surface area contributed by atoms with Gasteiger partial charge in [0, 0.05) is 6.07 Å². The fraction of sp³-hybridized carbons (Fsp3) is 0.273. The van der Waals surface area contributed by atoms with Crippen LogP contribution in [0.1, 0.15) is 36.7 Å². The van der Waals surface area contributed by atoms with Crippen LogP contribution in [0, 0.1) is 0 Å². The minimum atomic E-state index is -0.581. The van der Waals surface area contributed by atoms with Crippen LogP contribution in [0.3, 0.4) is 0 Å². The first-order chi connectivity index (χ1) is 13.8. The molecule has 2 heterocycles. The van der Waals surface area contributed by atoms with E-state index in [1.165, 1.54) is 0 Å². The lowest BCUT2D eigenvalue weighted by molar-refractivity contribution is -0.157. The lowest BCUT2D eigenvalue weighted by Crippen LogP contribution is -2.27. The maximum Gasteiger partial charge on any atom is 0.344 e. The maximum atomic E-state index is 12.6. The van der Waals surface area contributed by atoms with E-state index in [-0.39, 0.29) is 24.9 Å². The van der Waals surface area contributed by atoms with E-state index in [0.29, 0.717) is 28.6 Å². The van der Waals surface area contributed by atoms with E-state index in [2.05, 4.69) is 0 Å². The second kappa shape index (κ2) is 7.16. The molecule has 29 heavy (non-hydrogen) atoms. The summed E-state index contributed by atoms with van der Waals surface area (Å²) in [6, 6.07) is 10.2. The van der Waals surface area contributed by atoms with Gasteiger partial charge >= 0.3 is 5.97 Å². The number of rotatable bonds is 4. The molecule has 0 radical (unpaired) electrons. The molecule has 0 aliphatic carbocycles. The Bertz CT molecular complexity index is 1010. The molecule has 0 atom stereocenters. The van der Waals surface area contributed by atoms with Gasteiger partial charge in [-0.1, -0.05) is 6.07 Å². The first-order valence-electron chi connectivity index (χ1n) is 9.11. The van der Waals surface area contributed by atoms with Gasteiger partial charge in [-0.25, -0.2) is 4.79 Å². The third kappa shape index (κ3) is 4.18. The fourth-order valence-corrected chi connectivity index (χ4v) is 2.92. The molecule has 0 aromatic heterocycles. The van der Waals surface area contributed by atoms with E-state index in [1.54, 1.807) is 57.2 Å². The van der Waals surface area contributed by atoms with E-state index in [9.17, 15) is 9.59 Å². The average Bonchev–Trinajstić information content (AvgIpc) is 3.23. The molecule has 2 aliphatic rings. The van der Waals surface area contributed by atoms with Crippen molar-refractivity contribution >= 4 is 17.8 Å². The van der Waals surface area contributed by atoms with Crippen molar-refractivity contribution in [2.75, 3.05) is 13.4 Å². The largest absolute Gasteiger partial charge is 0.482 e. The first kappa shape index (κ1) is 18.9. The number of carbonyl (C=O) groups excluding carboxylic acids is 2. The summed E-state index contributed by atoms with van der Waals surface area (Å²) in [6.07, 6.45) is 1.64. The predicted molar refractivity (Wildman–Crippen MR) is 103 cm³/mol.